The van der Waals surface area contributed by atoms with Crippen LogP contribution in [0.4, 0.5) is 0 Å². The first-order chi connectivity index (χ1) is 12.1. The first-order valence-electron chi connectivity index (χ1n) is 9.20. The van der Waals surface area contributed by atoms with Gasteiger partial charge in [-0.15, -0.1) is 0 Å². The van der Waals surface area contributed by atoms with Gasteiger partial charge in [0.25, 0.3) is 5.91 Å². The molecule has 2 unspecified atom stereocenters. The van der Waals surface area contributed by atoms with Gasteiger partial charge in [0, 0.05) is 31.5 Å². The molecular formula is C19H28N4O2. The average Bonchev–Trinajstić information content (AvgIpc) is 3.06. The van der Waals surface area contributed by atoms with Crippen LogP contribution in [0.5, 0.6) is 0 Å². The van der Waals surface area contributed by atoms with E-state index in [9.17, 15) is 9.59 Å². The summed E-state index contributed by atoms with van der Waals surface area (Å²) >= 11 is 0. The summed E-state index contributed by atoms with van der Waals surface area (Å²) in [7, 11) is 0. The zero-order chi connectivity index (χ0) is 17.8. The number of allylic oxidation sites excluding steroid dienone is 2. The summed E-state index contributed by atoms with van der Waals surface area (Å²) in [4.78, 5) is 26.5. The van der Waals surface area contributed by atoms with Crippen molar-refractivity contribution >= 4 is 11.8 Å². The van der Waals surface area contributed by atoms with Crippen molar-refractivity contribution in [2.75, 3.05) is 19.6 Å². The van der Waals surface area contributed by atoms with Gasteiger partial charge in [0.05, 0.1) is 11.7 Å². The molecule has 0 aromatic rings. The number of nitrogens with zero attached hydrogens (tertiary/aromatic N) is 1. The predicted molar refractivity (Wildman–Crippen MR) is 97.4 cm³/mol. The normalized spacial score (nSPS) is 25.8. The van der Waals surface area contributed by atoms with E-state index in [0.29, 0.717) is 31.8 Å². The van der Waals surface area contributed by atoms with Crippen LogP contribution >= 0.6 is 0 Å². The minimum absolute atomic E-state index is 0.0384. The largest absolute Gasteiger partial charge is 0.373 e. The minimum atomic E-state index is -0.0384. The van der Waals surface area contributed by atoms with E-state index in [1.165, 1.54) is 5.57 Å². The van der Waals surface area contributed by atoms with Gasteiger partial charge in [0.15, 0.2) is 0 Å². The van der Waals surface area contributed by atoms with Crippen molar-refractivity contribution in [2.45, 2.75) is 44.7 Å². The maximum Gasteiger partial charge on any atom is 0.267 e. The second-order valence-corrected chi connectivity index (χ2v) is 7.10. The van der Waals surface area contributed by atoms with Crippen molar-refractivity contribution in [3.63, 3.8) is 0 Å². The van der Waals surface area contributed by atoms with Gasteiger partial charge in [-0.2, -0.15) is 0 Å². The van der Waals surface area contributed by atoms with Crippen LogP contribution in [0.1, 0.15) is 32.6 Å². The summed E-state index contributed by atoms with van der Waals surface area (Å²) in [5.41, 5.74) is 7.37. The molecule has 2 heterocycles. The highest BCUT2D eigenvalue weighted by Gasteiger charge is 2.32. The van der Waals surface area contributed by atoms with Crippen molar-refractivity contribution in [3.8, 4) is 0 Å². The van der Waals surface area contributed by atoms with Crippen molar-refractivity contribution in [3.05, 3.63) is 35.6 Å². The summed E-state index contributed by atoms with van der Waals surface area (Å²) in [5, 5.41) is 6.45. The lowest BCUT2D eigenvalue weighted by atomic mass is 9.92. The highest BCUT2D eigenvalue weighted by molar-refractivity contribution is 5.94. The van der Waals surface area contributed by atoms with E-state index >= 15 is 0 Å². The lowest BCUT2D eigenvalue weighted by Crippen LogP contribution is -2.47. The maximum atomic E-state index is 12.5. The zero-order valence-corrected chi connectivity index (χ0v) is 14.8. The molecule has 2 amide bonds. The maximum absolute atomic E-state index is 12.5. The molecule has 2 aliphatic heterocycles. The topological polar surface area (TPSA) is 87.5 Å². The Bertz CT molecular complexity index is 615. The van der Waals surface area contributed by atoms with Crippen molar-refractivity contribution in [2.24, 2.45) is 11.7 Å². The van der Waals surface area contributed by atoms with Crippen LogP contribution in [-0.4, -0.2) is 48.4 Å². The monoisotopic (exact) mass is 344 g/mol. The standard InChI is InChI=1S/C19H28N4O2/c1-13-4-2-5-14-12-16(22-18(13)14)19(25)21-15-7-10-23(11-8-15)17(24)6-3-9-20/h2,4-5,12,14-15,18,22H,3,6-11,20H2,1H3,(H,21,25). The van der Waals surface area contributed by atoms with Crippen LogP contribution in [0.3, 0.4) is 0 Å². The molecule has 25 heavy (non-hydrogen) atoms. The third-order valence-corrected chi connectivity index (χ3v) is 5.26. The Kier molecular flexibility index (Phi) is 5.58. The number of amides is 2. The molecule has 6 nitrogen and oxygen atoms in total. The summed E-state index contributed by atoms with van der Waals surface area (Å²) in [6.45, 7) is 4.04. The Labute approximate surface area is 149 Å². The van der Waals surface area contributed by atoms with E-state index in [1.54, 1.807) is 0 Å². The average molecular weight is 344 g/mol. The number of fused-ring (bicyclic) bond motifs is 1. The first kappa shape index (κ1) is 17.7. The van der Waals surface area contributed by atoms with Crippen LogP contribution in [0.2, 0.25) is 0 Å². The number of likely N-dealkylation sites (tertiary alicyclic amines) is 1. The van der Waals surface area contributed by atoms with E-state index in [2.05, 4.69) is 29.7 Å². The van der Waals surface area contributed by atoms with Crippen molar-refractivity contribution in [1.82, 2.24) is 15.5 Å². The van der Waals surface area contributed by atoms with Gasteiger partial charge in [-0.25, -0.2) is 0 Å². The second-order valence-electron chi connectivity index (χ2n) is 7.10. The van der Waals surface area contributed by atoms with Crippen LogP contribution in [0, 0.1) is 5.92 Å². The molecule has 0 aromatic heterocycles. The molecule has 1 saturated heterocycles. The molecule has 3 aliphatic rings. The van der Waals surface area contributed by atoms with Gasteiger partial charge < -0.3 is 21.3 Å². The van der Waals surface area contributed by atoms with E-state index in [0.717, 1.165) is 19.3 Å². The molecule has 0 saturated carbocycles. The molecular weight excluding hydrogens is 316 g/mol. The lowest BCUT2D eigenvalue weighted by molar-refractivity contribution is -0.132. The Morgan fingerprint density at radius 1 is 1.36 bits per heavy atom. The van der Waals surface area contributed by atoms with Gasteiger partial charge in [0.2, 0.25) is 5.91 Å². The van der Waals surface area contributed by atoms with Crippen LogP contribution in [0.15, 0.2) is 35.6 Å². The third kappa shape index (κ3) is 4.12. The molecule has 3 rings (SSSR count). The molecule has 1 fully saturated rings. The van der Waals surface area contributed by atoms with Crippen LogP contribution in [-0.2, 0) is 9.59 Å². The molecule has 0 aromatic carbocycles. The predicted octanol–water partition coefficient (Wildman–Crippen LogP) is 0.821. The number of carbonyl (C=O) groups excluding carboxylic acids is 2. The minimum Gasteiger partial charge on any atom is -0.373 e. The Balaban J connectivity index is 1.47. The molecule has 6 heteroatoms. The Hall–Kier alpha value is -2.08. The summed E-state index contributed by atoms with van der Waals surface area (Å²) in [6.07, 6.45) is 11.1. The van der Waals surface area contributed by atoms with E-state index in [4.69, 9.17) is 5.73 Å². The summed E-state index contributed by atoms with van der Waals surface area (Å²) < 4.78 is 0. The molecule has 0 radical (unpaired) electrons. The van der Waals surface area contributed by atoms with Crippen molar-refractivity contribution in [1.29, 1.82) is 0 Å². The fraction of sp³-hybridized carbons (Fsp3) is 0.579. The summed E-state index contributed by atoms with van der Waals surface area (Å²) in [6, 6.07) is 0.330. The number of nitrogens with one attached hydrogen (secondary N) is 2. The number of carbonyl (C=O) groups is 2. The van der Waals surface area contributed by atoms with E-state index < -0.39 is 0 Å². The Morgan fingerprint density at radius 2 is 2.12 bits per heavy atom. The third-order valence-electron chi connectivity index (χ3n) is 5.26. The Morgan fingerprint density at radius 3 is 2.80 bits per heavy atom. The number of hydrogen-bond acceptors (Lipinski definition) is 4. The summed E-state index contributed by atoms with van der Waals surface area (Å²) in [5.74, 6) is 0.393. The molecule has 136 valence electrons. The molecule has 0 spiro atoms. The number of piperidine rings is 1. The number of hydrogen-bond donors (Lipinski definition) is 3. The molecule has 1 aliphatic carbocycles. The van der Waals surface area contributed by atoms with Crippen LogP contribution < -0.4 is 16.4 Å². The highest BCUT2D eigenvalue weighted by atomic mass is 16.2. The first-order valence-corrected chi connectivity index (χ1v) is 9.20. The number of nitrogens with two attached hydrogens (primary N) is 1. The molecule has 4 N–H and O–H groups in total. The van der Waals surface area contributed by atoms with Gasteiger partial charge in [-0.05, 0) is 38.8 Å². The SMILES string of the molecule is CC1=CC=CC2C=C(C(=O)NC3CCN(C(=O)CCCN)CC3)NC12. The van der Waals surface area contributed by atoms with Gasteiger partial charge in [-0.3, -0.25) is 9.59 Å². The smallest absolute Gasteiger partial charge is 0.267 e. The fourth-order valence-electron chi connectivity index (χ4n) is 3.71. The second kappa shape index (κ2) is 7.87. The van der Waals surface area contributed by atoms with E-state index in [1.807, 2.05) is 17.1 Å². The van der Waals surface area contributed by atoms with E-state index in [-0.39, 0.29) is 29.8 Å². The number of rotatable bonds is 5. The highest BCUT2D eigenvalue weighted by Crippen LogP contribution is 2.27. The molecule has 0 bridgehead atoms. The quantitative estimate of drug-likeness (QED) is 0.689. The van der Waals surface area contributed by atoms with Gasteiger partial charge in [-0.1, -0.05) is 23.8 Å². The van der Waals surface area contributed by atoms with Gasteiger partial charge in [0.1, 0.15) is 0 Å². The zero-order valence-electron chi connectivity index (χ0n) is 14.8. The lowest BCUT2D eigenvalue weighted by Gasteiger charge is -2.32. The fourth-order valence-corrected chi connectivity index (χ4v) is 3.71. The molecule has 2 atom stereocenters. The van der Waals surface area contributed by atoms with Gasteiger partial charge >= 0.3 is 0 Å². The van der Waals surface area contributed by atoms with Crippen LogP contribution in [0.25, 0.3) is 0 Å². The van der Waals surface area contributed by atoms with Crippen molar-refractivity contribution < 1.29 is 9.59 Å².